The monoisotopic (exact) mass is 343 g/mol. The molecular formula is C12H15BrClN5. The lowest BCUT2D eigenvalue weighted by Gasteiger charge is -2.19. The molecule has 0 bridgehead atoms. The van der Waals surface area contributed by atoms with Crippen LogP contribution in [0.15, 0.2) is 22.9 Å². The van der Waals surface area contributed by atoms with Crippen LogP contribution in [0, 0.1) is 0 Å². The predicted octanol–water partition coefficient (Wildman–Crippen LogP) is 2.72. The van der Waals surface area contributed by atoms with Crippen LogP contribution in [0.4, 0.5) is 0 Å². The lowest BCUT2D eigenvalue weighted by atomic mass is 10.1. The maximum Gasteiger partial charge on any atom is 0.153 e. The van der Waals surface area contributed by atoms with Gasteiger partial charge in [0, 0.05) is 13.2 Å². The van der Waals surface area contributed by atoms with Crippen LogP contribution in [0.25, 0.3) is 0 Å². The number of pyridine rings is 1. The minimum atomic E-state index is -0.136. The fraction of sp³-hybridized carbons (Fsp3) is 0.417. The molecule has 1 atom stereocenters. The van der Waals surface area contributed by atoms with E-state index in [1.165, 1.54) is 0 Å². The molecule has 7 heteroatoms. The van der Waals surface area contributed by atoms with Gasteiger partial charge in [0.25, 0.3) is 0 Å². The first-order valence-electron chi connectivity index (χ1n) is 6.04. The van der Waals surface area contributed by atoms with E-state index in [9.17, 15) is 0 Å². The van der Waals surface area contributed by atoms with Crippen LogP contribution in [0.3, 0.4) is 0 Å². The van der Waals surface area contributed by atoms with Crippen molar-refractivity contribution in [1.82, 2.24) is 25.3 Å². The van der Waals surface area contributed by atoms with Crippen molar-refractivity contribution in [2.45, 2.75) is 19.4 Å². The summed E-state index contributed by atoms with van der Waals surface area (Å²) in [6, 6.07) is 3.52. The van der Waals surface area contributed by atoms with Crippen molar-refractivity contribution in [3.05, 3.63) is 39.3 Å². The molecule has 5 nitrogen and oxygen atoms in total. The third-order valence-electron chi connectivity index (χ3n) is 2.76. The van der Waals surface area contributed by atoms with Crippen LogP contribution in [0.1, 0.15) is 30.8 Å². The normalized spacial score (nSPS) is 12.6. The average Bonchev–Trinajstić information content (AvgIpc) is 2.73. The van der Waals surface area contributed by atoms with Crippen molar-refractivity contribution >= 4 is 27.5 Å². The highest BCUT2D eigenvalue weighted by molar-refractivity contribution is 9.10. The molecule has 0 aliphatic heterocycles. The molecule has 1 N–H and O–H groups in total. The van der Waals surface area contributed by atoms with E-state index in [0.717, 1.165) is 24.4 Å². The summed E-state index contributed by atoms with van der Waals surface area (Å²) in [5, 5.41) is 12.1. The minimum absolute atomic E-state index is 0.136. The highest BCUT2D eigenvalue weighted by Gasteiger charge is 2.24. The third-order valence-corrected chi connectivity index (χ3v) is 3.64. The van der Waals surface area contributed by atoms with Crippen molar-refractivity contribution in [2.24, 2.45) is 7.05 Å². The molecule has 102 valence electrons. The van der Waals surface area contributed by atoms with Gasteiger partial charge in [-0.1, -0.05) is 23.7 Å². The third kappa shape index (κ3) is 3.13. The Balaban J connectivity index is 2.45. The van der Waals surface area contributed by atoms with Gasteiger partial charge in [0.1, 0.15) is 0 Å². The molecule has 0 saturated heterocycles. The summed E-state index contributed by atoms with van der Waals surface area (Å²) in [5.41, 5.74) is 1.69. The Hall–Kier alpha value is -0.980. The van der Waals surface area contributed by atoms with Crippen LogP contribution < -0.4 is 5.32 Å². The first-order valence-corrected chi connectivity index (χ1v) is 7.21. The summed E-state index contributed by atoms with van der Waals surface area (Å²) < 4.78 is 2.42. The summed E-state index contributed by atoms with van der Waals surface area (Å²) in [6.45, 7) is 2.97. The van der Waals surface area contributed by atoms with Gasteiger partial charge in [-0.15, -0.1) is 5.10 Å². The van der Waals surface area contributed by atoms with E-state index in [-0.39, 0.29) is 6.04 Å². The Bertz CT molecular complexity index is 537. The van der Waals surface area contributed by atoms with Crippen molar-refractivity contribution < 1.29 is 0 Å². The number of rotatable bonds is 5. The van der Waals surface area contributed by atoms with E-state index in [1.54, 1.807) is 10.9 Å². The molecule has 0 saturated carbocycles. The maximum absolute atomic E-state index is 6.25. The predicted molar refractivity (Wildman–Crippen MR) is 78.1 cm³/mol. The van der Waals surface area contributed by atoms with Crippen LogP contribution in [-0.2, 0) is 7.05 Å². The van der Waals surface area contributed by atoms with Gasteiger partial charge in [-0.3, -0.25) is 4.98 Å². The topological polar surface area (TPSA) is 55.6 Å². The molecule has 2 aromatic rings. The Morgan fingerprint density at radius 2 is 2.32 bits per heavy atom. The van der Waals surface area contributed by atoms with Gasteiger partial charge in [0.15, 0.2) is 4.60 Å². The maximum atomic E-state index is 6.25. The lowest BCUT2D eigenvalue weighted by Crippen LogP contribution is -2.26. The summed E-state index contributed by atoms with van der Waals surface area (Å²) in [7, 11) is 1.85. The number of aryl methyl sites for hydroxylation is 1. The van der Waals surface area contributed by atoms with Crippen molar-refractivity contribution in [3.8, 4) is 0 Å². The van der Waals surface area contributed by atoms with Gasteiger partial charge in [-0.25, -0.2) is 4.68 Å². The standard InChI is InChI=1S/C12H15BrClN5/c1-3-6-15-10(9-8(14)5-4-7-16-9)11-12(13)17-18-19(11)2/h4-5,7,10,15H,3,6H2,1-2H3. The summed E-state index contributed by atoms with van der Waals surface area (Å²) >= 11 is 9.68. The Morgan fingerprint density at radius 3 is 2.89 bits per heavy atom. The zero-order valence-corrected chi connectivity index (χ0v) is 13.1. The smallest absolute Gasteiger partial charge is 0.153 e. The average molecular weight is 345 g/mol. The first kappa shape index (κ1) is 14.4. The molecule has 0 spiro atoms. The molecule has 0 aromatic carbocycles. The van der Waals surface area contributed by atoms with Crippen LogP contribution in [0.5, 0.6) is 0 Å². The second kappa shape index (κ2) is 6.45. The molecule has 19 heavy (non-hydrogen) atoms. The summed E-state index contributed by atoms with van der Waals surface area (Å²) in [5.74, 6) is 0. The summed E-state index contributed by atoms with van der Waals surface area (Å²) in [6.07, 6.45) is 2.75. The van der Waals surface area contributed by atoms with Gasteiger partial charge in [-0.05, 0) is 41.0 Å². The van der Waals surface area contributed by atoms with E-state index >= 15 is 0 Å². The molecule has 2 heterocycles. The van der Waals surface area contributed by atoms with Gasteiger partial charge in [0.05, 0.1) is 22.5 Å². The van der Waals surface area contributed by atoms with E-state index in [1.807, 2.05) is 19.2 Å². The molecule has 0 radical (unpaired) electrons. The fourth-order valence-electron chi connectivity index (χ4n) is 1.87. The van der Waals surface area contributed by atoms with Crippen molar-refractivity contribution in [1.29, 1.82) is 0 Å². The zero-order valence-electron chi connectivity index (χ0n) is 10.8. The van der Waals surface area contributed by atoms with E-state index in [0.29, 0.717) is 9.63 Å². The van der Waals surface area contributed by atoms with Gasteiger partial charge in [0.2, 0.25) is 0 Å². The van der Waals surface area contributed by atoms with Gasteiger partial charge < -0.3 is 5.32 Å². The first-order chi connectivity index (χ1) is 9.15. The Morgan fingerprint density at radius 1 is 1.53 bits per heavy atom. The summed E-state index contributed by atoms with van der Waals surface area (Å²) in [4.78, 5) is 4.39. The number of hydrogen-bond acceptors (Lipinski definition) is 4. The number of nitrogens with zero attached hydrogens (tertiary/aromatic N) is 4. The van der Waals surface area contributed by atoms with E-state index in [4.69, 9.17) is 11.6 Å². The fourth-order valence-corrected chi connectivity index (χ4v) is 2.65. The second-order valence-corrected chi connectivity index (χ2v) is 5.31. The Kier molecular flexibility index (Phi) is 4.90. The van der Waals surface area contributed by atoms with Gasteiger partial charge >= 0.3 is 0 Å². The quantitative estimate of drug-likeness (QED) is 0.906. The highest BCUT2D eigenvalue weighted by Crippen LogP contribution is 2.29. The number of aromatic nitrogens is 4. The van der Waals surface area contributed by atoms with E-state index in [2.05, 4.69) is 43.5 Å². The minimum Gasteiger partial charge on any atom is -0.304 e. The number of hydrogen-bond donors (Lipinski definition) is 1. The lowest BCUT2D eigenvalue weighted by molar-refractivity contribution is 0.540. The molecular weight excluding hydrogens is 330 g/mol. The largest absolute Gasteiger partial charge is 0.304 e. The van der Waals surface area contributed by atoms with Crippen molar-refractivity contribution in [2.75, 3.05) is 6.54 Å². The molecule has 0 aliphatic carbocycles. The molecule has 2 rings (SSSR count). The van der Waals surface area contributed by atoms with Crippen LogP contribution in [0.2, 0.25) is 5.02 Å². The molecule has 0 fully saturated rings. The van der Waals surface area contributed by atoms with Crippen LogP contribution in [-0.4, -0.2) is 26.5 Å². The zero-order chi connectivity index (χ0) is 13.8. The van der Waals surface area contributed by atoms with Gasteiger partial charge in [-0.2, -0.15) is 0 Å². The SMILES string of the molecule is CCCNC(c1ncccc1Cl)c1c(Br)nnn1C. The molecule has 1 unspecified atom stereocenters. The highest BCUT2D eigenvalue weighted by atomic mass is 79.9. The number of halogens is 2. The molecule has 0 amide bonds. The van der Waals surface area contributed by atoms with E-state index < -0.39 is 0 Å². The Labute approximate surface area is 125 Å². The van der Waals surface area contributed by atoms with Crippen molar-refractivity contribution in [3.63, 3.8) is 0 Å². The number of nitrogens with one attached hydrogen (secondary N) is 1. The second-order valence-electron chi connectivity index (χ2n) is 4.15. The molecule has 0 aliphatic rings. The van der Waals surface area contributed by atoms with Crippen LogP contribution >= 0.6 is 27.5 Å². The molecule has 2 aromatic heterocycles.